The first-order valence-electron chi connectivity index (χ1n) is 11.2. The first-order chi connectivity index (χ1) is 15.1. The van der Waals surface area contributed by atoms with Crippen molar-refractivity contribution in [3.05, 3.63) is 65.2 Å². The van der Waals surface area contributed by atoms with Gasteiger partial charge in [0.05, 0.1) is 18.8 Å². The summed E-state index contributed by atoms with van der Waals surface area (Å²) in [6.45, 7) is 8.64. The van der Waals surface area contributed by atoms with Crippen molar-refractivity contribution in [1.82, 2.24) is 15.5 Å². The maximum Gasteiger partial charge on any atom is 0.191 e. The predicted octanol–water partition coefficient (Wildman–Crippen LogP) is 2.96. The maximum absolute atomic E-state index is 6.02. The van der Waals surface area contributed by atoms with Crippen LogP contribution in [0.5, 0.6) is 5.75 Å². The van der Waals surface area contributed by atoms with Crippen molar-refractivity contribution in [2.45, 2.75) is 51.7 Å². The van der Waals surface area contributed by atoms with Gasteiger partial charge in [0.1, 0.15) is 11.9 Å². The Bertz CT molecular complexity index is 866. The lowest BCUT2D eigenvalue weighted by Gasteiger charge is -2.35. The average molecular weight is 423 g/mol. The lowest BCUT2D eigenvalue weighted by atomic mass is 10.1. The summed E-state index contributed by atoms with van der Waals surface area (Å²) in [5, 5.41) is 6.88. The Balaban J connectivity index is 1.29. The van der Waals surface area contributed by atoms with Gasteiger partial charge in [0.2, 0.25) is 0 Å². The molecule has 2 aromatic carbocycles. The standard InChI is InChI=1S/C25H34N4O2/c1-18-15-29(16-19(2)30-18)17-22-10-5-4-9-21(22)13-27-25(26-3)28-14-23-12-20-8-6-7-11-24(20)31-23/h4-11,18-19,23H,12-17H2,1-3H3,(H2,26,27,28). The molecule has 0 radical (unpaired) electrons. The van der Waals surface area contributed by atoms with Crippen molar-refractivity contribution in [2.24, 2.45) is 4.99 Å². The Morgan fingerprint density at radius 2 is 1.71 bits per heavy atom. The molecule has 31 heavy (non-hydrogen) atoms. The Morgan fingerprint density at radius 1 is 1.00 bits per heavy atom. The van der Waals surface area contributed by atoms with E-state index < -0.39 is 0 Å². The number of hydrogen-bond donors (Lipinski definition) is 2. The first-order valence-corrected chi connectivity index (χ1v) is 11.2. The van der Waals surface area contributed by atoms with E-state index in [1.54, 1.807) is 0 Å². The van der Waals surface area contributed by atoms with E-state index in [2.05, 4.69) is 70.8 Å². The minimum absolute atomic E-state index is 0.133. The molecule has 0 saturated carbocycles. The molecule has 0 amide bonds. The van der Waals surface area contributed by atoms with E-state index in [1.165, 1.54) is 16.7 Å². The van der Waals surface area contributed by atoms with E-state index in [0.717, 1.165) is 50.9 Å². The quantitative estimate of drug-likeness (QED) is 0.554. The summed E-state index contributed by atoms with van der Waals surface area (Å²) in [6.07, 6.45) is 1.62. The molecule has 2 aliphatic heterocycles. The molecule has 2 aliphatic rings. The number of benzene rings is 2. The van der Waals surface area contributed by atoms with Gasteiger partial charge in [-0.05, 0) is 36.6 Å². The molecule has 4 rings (SSSR count). The van der Waals surface area contributed by atoms with Crippen LogP contribution in [-0.4, -0.2) is 55.9 Å². The van der Waals surface area contributed by atoms with Crippen molar-refractivity contribution < 1.29 is 9.47 Å². The van der Waals surface area contributed by atoms with Crippen molar-refractivity contribution >= 4 is 5.96 Å². The molecular weight excluding hydrogens is 388 g/mol. The van der Waals surface area contributed by atoms with Gasteiger partial charge in [0.15, 0.2) is 5.96 Å². The number of fused-ring (bicyclic) bond motifs is 1. The lowest BCUT2D eigenvalue weighted by molar-refractivity contribution is -0.0705. The predicted molar refractivity (Wildman–Crippen MR) is 124 cm³/mol. The fourth-order valence-corrected chi connectivity index (χ4v) is 4.52. The number of nitrogens with one attached hydrogen (secondary N) is 2. The number of para-hydroxylation sites is 1. The van der Waals surface area contributed by atoms with E-state index in [9.17, 15) is 0 Å². The number of rotatable bonds is 6. The van der Waals surface area contributed by atoms with Crippen LogP contribution < -0.4 is 15.4 Å². The minimum atomic E-state index is 0.133. The summed E-state index contributed by atoms with van der Waals surface area (Å²) in [5.41, 5.74) is 3.92. The third-order valence-electron chi connectivity index (χ3n) is 5.89. The summed E-state index contributed by atoms with van der Waals surface area (Å²) < 4.78 is 11.9. The second-order valence-corrected chi connectivity index (χ2v) is 8.58. The summed E-state index contributed by atoms with van der Waals surface area (Å²) in [5.74, 6) is 1.79. The van der Waals surface area contributed by atoms with Crippen LogP contribution >= 0.6 is 0 Å². The van der Waals surface area contributed by atoms with Gasteiger partial charge in [0, 0.05) is 39.6 Å². The second kappa shape index (κ2) is 10.2. The number of aliphatic imine (C=N–C) groups is 1. The van der Waals surface area contributed by atoms with Crippen LogP contribution in [0.2, 0.25) is 0 Å². The third kappa shape index (κ3) is 5.77. The van der Waals surface area contributed by atoms with Crippen molar-refractivity contribution in [3.63, 3.8) is 0 Å². The number of morpholine rings is 1. The van der Waals surface area contributed by atoms with Crippen LogP contribution in [0.25, 0.3) is 0 Å². The van der Waals surface area contributed by atoms with Crippen LogP contribution in [0.15, 0.2) is 53.5 Å². The third-order valence-corrected chi connectivity index (χ3v) is 5.89. The van der Waals surface area contributed by atoms with Gasteiger partial charge in [-0.1, -0.05) is 42.5 Å². The fraction of sp³-hybridized carbons (Fsp3) is 0.480. The number of ether oxygens (including phenoxy) is 2. The zero-order valence-corrected chi connectivity index (χ0v) is 18.8. The molecule has 6 heteroatoms. The van der Waals surface area contributed by atoms with Crippen molar-refractivity contribution in [2.75, 3.05) is 26.7 Å². The molecule has 3 unspecified atom stereocenters. The van der Waals surface area contributed by atoms with Crippen LogP contribution in [0.4, 0.5) is 0 Å². The monoisotopic (exact) mass is 422 g/mol. The zero-order chi connectivity index (χ0) is 21.6. The van der Waals surface area contributed by atoms with Crippen LogP contribution in [0.1, 0.15) is 30.5 Å². The molecule has 0 aromatic heterocycles. The number of guanidine groups is 1. The number of nitrogens with zero attached hydrogens (tertiary/aromatic N) is 2. The van der Waals surface area contributed by atoms with Gasteiger partial charge < -0.3 is 20.1 Å². The lowest BCUT2D eigenvalue weighted by Crippen LogP contribution is -2.45. The van der Waals surface area contributed by atoms with Crippen LogP contribution in [-0.2, 0) is 24.2 Å². The molecule has 0 aliphatic carbocycles. The molecule has 1 fully saturated rings. The largest absolute Gasteiger partial charge is 0.488 e. The first kappa shape index (κ1) is 21.7. The van der Waals surface area contributed by atoms with Crippen LogP contribution in [0.3, 0.4) is 0 Å². The molecule has 2 heterocycles. The Morgan fingerprint density at radius 3 is 2.45 bits per heavy atom. The molecule has 2 N–H and O–H groups in total. The number of hydrogen-bond acceptors (Lipinski definition) is 4. The Labute approximate surface area is 185 Å². The Hall–Kier alpha value is -2.57. The Kier molecular flexibility index (Phi) is 7.10. The molecule has 2 aromatic rings. The highest BCUT2D eigenvalue weighted by Crippen LogP contribution is 2.27. The van der Waals surface area contributed by atoms with E-state index >= 15 is 0 Å². The van der Waals surface area contributed by atoms with E-state index in [4.69, 9.17) is 9.47 Å². The van der Waals surface area contributed by atoms with Gasteiger partial charge in [-0.15, -0.1) is 0 Å². The average Bonchev–Trinajstić information content (AvgIpc) is 3.17. The smallest absolute Gasteiger partial charge is 0.191 e. The maximum atomic E-state index is 6.02. The molecule has 3 atom stereocenters. The van der Waals surface area contributed by atoms with Gasteiger partial charge in [-0.3, -0.25) is 9.89 Å². The second-order valence-electron chi connectivity index (χ2n) is 8.58. The zero-order valence-electron chi connectivity index (χ0n) is 18.8. The molecule has 6 nitrogen and oxygen atoms in total. The van der Waals surface area contributed by atoms with Gasteiger partial charge in [-0.2, -0.15) is 0 Å². The molecule has 166 valence electrons. The van der Waals surface area contributed by atoms with Gasteiger partial charge in [0.25, 0.3) is 0 Å². The highest BCUT2D eigenvalue weighted by atomic mass is 16.5. The molecular formula is C25H34N4O2. The minimum Gasteiger partial charge on any atom is -0.488 e. The molecule has 0 spiro atoms. The highest BCUT2D eigenvalue weighted by molar-refractivity contribution is 5.79. The van der Waals surface area contributed by atoms with Gasteiger partial charge >= 0.3 is 0 Å². The van der Waals surface area contributed by atoms with Crippen molar-refractivity contribution in [3.8, 4) is 5.75 Å². The summed E-state index contributed by atoms with van der Waals surface area (Å²) in [7, 11) is 1.81. The van der Waals surface area contributed by atoms with E-state index in [0.29, 0.717) is 0 Å². The molecule has 1 saturated heterocycles. The topological polar surface area (TPSA) is 58.1 Å². The van der Waals surface area contributed by atoms with Gasteiger partial charge in [-0.25, -0.2) is 0 Å². The van der Waals surface area contributed by atoms with E-state index in [1.807, 2.05) is 19.2 Å². The summed E-state index contributed by atoms with van der Waals surface area (Å²) in [6, 6.07) is 16.9. The van der Waals surface area contributed by atoms with Crippen molar-refractivity contribution in [1.29, 1.82) is 0 Å². The van der Waals surface area contributed by atoms with Crippen LogP contribution in [0, 0.1) is 0 Å². The summed E-state index contributed by atoms with van der Waals surface area (Å²) in [4.78, 5) is 6.88. The summed E-state index contributed by atoms with van der Waals surface area (Å²) >= 11 is 0. The fourth-order valence-electron chi connectivity index (χ4n) is 4.52. The SMILES string of the molecule is CN=C(NCc1ccccc1CN1CC(C)OC(C)C1)NCC1Cc2ccccc2O1. The molecule has 0 bridgehead atoms. The highest BCUT2D eigenvalue weighted by Gasteiger charge is 2.23. The van der Waals surface area contributed by atoms with E-state index in [-0.39, 0.29) is 18.3 Å². The normalized spacial score (nSPS) is 23.8.